The van der Waals surface area contributed by atoms with Crippen molar-refractivity contribution in [1.82, 2.24) is 0 Å². The summed E-state index contributed by atoms with van der Waals surface area (Å²) in [6.07, 6.45) is 1.04. The van der Waals surface area contributed by atoms with Crippen molar-refractivity contribution in [3.8, 4) is 11.8 Å². The average molecular weight is 391 g/mol. The molecule has 0 heterocycles. The van der Waals surface area contributed by atoms with E-state index in [1.807, 2.05) is 18.2 Å². The van der Waals surface area contributed by atoms with Crippen molar-refractivity contribution in [2.45, 2.75) is 52.2 Å². The molecule has 0 radical (unpaired) electrons. The van der Waals surface area contributed by atoms with E-state index < -0.39 is 11.7 Å². The first-order chi connectivity index (χ1) is 13.7. The van der Waals surface area contributed by atoms with Gasteiger partial charge in [0, 0.05) is 11.3 Å². The van der Waals surface area contributed by atoms with Gasteiger partial charge in [0.15, 0.2) is 0 Å². The number of fused-ring (bicyclic) bond motifs is 1. The highest BCUT2D eigenvalue weighted by atomic mass is 16.6. The first kappa shape index (κ1) is 20.4. The van der Waals surface area contributed by atoms with E-state index >= 15 is 0 Å². The van der Waals surface area contributed by atoms with Crippen LogP contribution in [-0.2, 0) is 11.2 Å². The van der Waals surface area contributed by atoms with Gasteiger partial charge in [0.1, 0.15) is 17.5 Å². The minimum Gasteiger partial charge on any atom is -0.486 e. The highest BCUT2D eigenvalue weighted by Gasteiger charge is 2.25. The number of aryl methyl sites for hydroxylation is 1. The summed E-state index contributed by atoms with van der Waals surface area (Å²) in [5.74, 6) is 0.628. The third-order valence-corrected chi connectivity index (χ3v) is 4.60. The number of anilines is 1. The van der Waals surface area contributed by atoms with Gasteiger partial charge in [-0.25, -0.2) is 4.79 Å². The third-order valence-electron chi connectivity index (χ3n) is 4.60. The molecule has 2 aromatic rings. The second-order valence-electron chi connectivity index (χ2n) is 8.13. The number of nitriles is 1. The van der Waals surface area contributed by atoms with Crippen LogP contribution in [0.2, 0.25) is 0 Å². The number of hydrogen-bond donors (Lipinski definition) is 2. The molecular weight excluding hydrogens is 366 g/mol. The van der Waals surface area contributed by atoms with Crippen molar-refractivity contribution in [2.75, 3.05) is 5.32 Å². The van der Waals surface area contributed by atoms with Crippen LogP contribution in [0.25, 0.3) is 0 Å². The molecule has 2 aromatic carbocycles. The van der Waals surface area contributed by atoms with Gasteiger partial charge in [0.25, 0.3) is 0 Å². The Morgan fingerprint density at radius 1 is 1.24 bits per heavy atom. The summed E-state index contributed by atoms with van der Waals surface area (Å²) < 4.78 is 11.5. The number of amides is 1. The summed E-state index contributed by atoms with van der Waals surface area (Å²) in [6, 6.07) is 13.1. The molecule has 1 amide bonds. The summed E-state index contributed by atoms with van der Waals surface area (Å²) in [4.78, 5) is 12.1. The van der Waals surface area contributed by atoms with E-state index in [2.05, 4.69) is 11.4 Å². The Kier molecular flexibility index (Phi) is 5.60. The van der Waals surface area contributed by atoms with Crippen LogP contribution >= 0.6 is 0 Å². The van der Waals surface area contributed by atoms with Crippen molar-refractivity contribution < 1.29 is 14.3 Å². The highest BCUT2D eigenvalue weighted by Crippen LogP contribution is 2.36. The summed E-state index contributed by atoms with van der Waals surface area (Å²) >= 11 is 0. The Morgan fingerprint density at radius 3 is 2.66 bits per heavy atom. The highest BCUT2D eigenvalue weighted by molar-refractivity contribution is 6.04. The number of carbonyl (C=O) groups excluding carboxylic acids is 1. The summed E-state index contributed by atoms with van der Waals surface area (Å²) in [5.41, 5.74) is 3.68. The quantitative estimate of drug-likeness (QED) is 0.686. The van der Waals surface area contributed by atoms with Crippen molar-refractivity contribution in [3.05, 3.63) is 58.7 Å². The van der Waals surface area contributed by atoms with Crippen molar-refractivity contribution in [1.29, 1.82) is 10.7 Å². The Labute approximate surface area is 171 Å². The van der Waals surface area contributed by atoms with Gasteiger partial charge in [-0.1, -0.05) is 6.07 Å². The molecule has 6 nitrogen and oxygen atoms in total. The van der Waals surface area contributed by atoms with Crippen LogP contribution in [0.3, 0.4) is 0 Å². The lowest BCUT2D eigenvalue weighted by molar-refractivity contribution is 0.0636. The van der Waals surface area contributed by atoms with Crippen LogP contribution in [0, 0.1) is 16.7 Å². The maximum Gasteiger partial charge on any atom is 0.412 e. The molecule has 0 aromatic heterocycles. The molecule has 0 saturated heterocycles. The maximum absolute atomic E-state index is 12.1. The van der Waals surface area contributed by atoms with E-state index in [1.165, 1.54) is 0 Å². The van der Waals surface area contributed by atoms with E-state index in [0.717, 1.165) is 24.0 Å². The molecule has 2 N–H and O–H groups in total. The lowest BCUT2D eigenvalue weighted by Gasteiger charge is -2.21. The van der Waals surface area contributed by atoms with E-state index in [1.54, 1.807) is 45.9 Å². The lowest BCUT2D eigenvalue weighted by Crippen LogP contribution is -2.27. The van der Waals surface area contributed by atoms with Gasteiger partial charge in [-0.05, 0) is 82.0 Å². The Hall–Kier alpha value is -3.33. The van der Waals surface area contributed by atoms with Gasteiger partial charge in [0.05, 0.1) is 17.3 Å². The van der Waals surface area contributed by atoms with Crippen LogP contribution in [-0.4, -0.2) is 17.4 Å². The zero-order valence-electron chi connectivity index (χ0n) is 17.1. The molecule has 150 valence electrons. The fraction of sp³-hybridized carbons (Fsp3) is 0.348. The molecule has 0 saturated carbocycles. The van der Waals surface area contributed by atoms with Gasteiger partial charge in [0.2, 0.25) is 0 Å². The fourth-order valence-electron chi connectivity index (χ4n) is 3.36. The molecule has 1 aliphatic rings. The first-order valence-corrected chi connectivity index (χ1v) is 9.55. The van der Waals surface area contributed by atoms with Crippen LogP contribution < -0.4 is 10.1 Å². The zero-order valence-corrected chi connectivity index (χ0v) is 17.1. The minimum absolute atomic E-state index is 0.0960. The van der Waals surface area contributed by atoms with Crippen LogP contribution in [0.4, 0.5) is 10.5 Å². The Bertz CT molecular complexity index is 999. The molecular formula is C23H25N3O3. The minimum atomic E-state index is -0.603. The molecule has 0 fully saturated rings. The van der Waals surface area contributed by atoms with Crippen molar-refractivity contribution >= 4 is 17.5 Å². The zero-order chi connectivity index (χ0) is 21.2. The van der Waals surface area contributed by atoms with E-state index in [-0.39, 0.29) is 6.10 Å². The van der Waals surface area contributed by atoms with E-state index in [0.29, 0.717) is 28.3 Å². The molecule has 3 rings (SSSR count). The largest absolute Gasteiger partial charge is 0.486 e. The average Bonchev–Trinajstić information content (AvgIpc) is 3.03. The second-order valence-corrected chi connectivity index (χ2v) is 8.13. The number of rotatable bonds is 4. The van der Waals surface area contributed by atoms with Gasteiger partial charge in [-0.15, -0.1) is 0 Å². The standard InChI is InChI=1S/C23H25N3O3/c1-14(25)19-12-17(7-9-20(19)26-22(27)29-23(2,3)4)28-21-10-6-16-11-15(13-24)5-8-18(16)21/h5,7-9,11-12,21,25H,6,10H2,1-4H3,(H,26,27). The Balaban J connectivity index is 1.79. The molecule has 1 unspecified atom stereocenters. The van der Waals surface area contributed by atoms with E-state index in [4.69, 9.17) is 20.1 Å². The predicted octanol–water partition coefficient (Wildman–Crippen LogP) is 5.36. The lowest BCUT2D eigenvalue weighted by atomic mass is 10.1. The molecule has 1 aliphatic carbocycles. The second kappa shape index (κ2) is 7.96. The number of ether oxygens (including phenoxy) is 2. The summed E-state index contributed by atoms with van der Waals surface area (Å²) in [7, 11) is 0. The topological polar surface area (TPSA) is 95.2 Å². The smallest absolute Gasteiger partial charge is 0.412 e. The predicted molar refractivity (Wildman–Crippen MR) is 112 cm³/mol. The molecule has 29 heavy (non-hydrogen) atoms. The van der Waals surface area contributed by atoms with Gasteiger partial charge in [-0.2, -0.15) is 5.26 Å². The normalized spacial score (nSPS) is 15.2. The molecule has 0 spiro atoms. The maximum atomic E-state index is 12.1. The van der Waals surface area contributed by atoms with Crippen LogP contribution in [0.1, 0.15) is 62.5 Å². The van der Waals surface area contributed by atoms with Crippen molar-refractivity contribution in [2.24, 2.45) is 0 Å². The van der Waals surface area contributed by atoms with E-state index in [9.17, 15) is 4.79 Å². The fourth-order valence-corrected chi connectivity index (χ4v) is 3.36. The SMILES string of the molecule is CC(=N)c1cc(OC2CCc3cc(C#N)ccc32)ccc1NC(=O)OC(C)(C)C. The number of nitrogens with zero attached hydrogens (tertiary/aromatic N) is 1. The Morgan fingerprint density at radius 2 is 2.00 bits per heavy atom. The van der Waals surface area contributed by atoms with Crippen molar-refractivity contribution in [3.63, 3.8) is 0 Å². The van der Waals surface area contributed by atoms with Gasteiger partial charge >= 0.3 is 6.09 Å². The molecule has 0 bridgehead atoms. The number of carbonyl (C=O) groups is 1. The van der Waals surface area contributed by atoms with Crippen LogP contribution in [0.15, 0.2) is 36.4 Å². The van der Waals surface area contributed by atoms with Gasteiger partial charge in [-0.3, -0.25) is 5.32 Å². The number of hydrogen-bond acceptors (Lipinski definition) is 5. The number of benzene rings is 2. The van der Waals surface area contributed by atoms with Gasteiger partial charge < -0.3 is 14.9 Å². The molecule has 1 atom stereocenters. The molecule has 0 aliphatic heterocycles. The number of nitrogens with one attached hydrogen (secondary N) is 2. The van der Waals surface area contributed by atoms with Crippen LogP contribution in [0.5, 0.6) is 5.75 Å². The third kappa shape index (κ3) is 4.94. The first-order valence-electron chi connectivity index (χ1n) is 9.55. The molecule has 6 heteroatoms. The summed E-state index contributed by atoms with van der Waals surface area (Å²) in [5, 5.41) is 19.8. The summed E-state index contributed by atoms with van der Waals surface area (Å²) in [6.45, 7) is 7.05. The monoisotopic (exact) mass is 391 g/mol.